The Morgan fingerprint density at radius 3 is 2.64 bits per heavy atom. The number of carbonyl (C=O) groups is 1. The highest BCUT2D eigenvalue weighted by Crippen LogP contribution is 2.14. The molecule has 1 aliphatic heterocycles. The molecule has 0 aliphatic carbocycles. The smallest absolute Gasteiger partial charge is 0.251 e. The van der Waals surface area contributed by atoms with E-state index >= 15 is 0 Å². The number of rotatable bonds is 9. The Labute approximate surface area is 167 Å². The molecule has 2 aromatic rings. The van der Waals surface area contributed by atoms with Crippen LogP contribution in [0, 0.1) is 0 Å². The van der Waals surface area contributed by atoms with Crippen LogP contribution >= 0.6 is 0 Å². The number of benzene rings is 2. The normalized spacial score (nSPS) is 16.3. The van der Waals surface area contributed by atoms with E-state index in [1.807, 2.05) is 50.2 Å². The summed E-state index contributed by atoms with van der Waals surface area (Å²) in [6.45, 7) is 6.89. The fourth-order valence-electron chi connectivity index (χ4n) is 3.25. The average Bonchev–Trinajstić information content (AvgIpc) is 3.21. The lowest BCUT2D eigenvalue weighted by Crippen LogP contribution is -2.31. The van der Waals surface area contributed by atoms with Crippen molar-refractivity contribution in [3.63, 3.8) is 0 Å². The summed E-state index contributed by atoms with van der Waals surface area (Å²) in [4.78, 5) is 12.4. The minimum atomic E-state index is -0.0434. The molecule has 1 atom stereocenters. The van der Waals surface area contributed by atoms with Gasteiger partial charge >= 0.3 is 0 Å². The maximum atomic E-state index is 12.4. The maximum Gasteiger partial charge on any atom is 0.251 e. The van der Waals surface area contributed by atoms with E-state index in [-0.39, 0.29) is 18.1 Å². The van der Waals surface area contributed by atoms with Crippen LogP contribution in [-0.4, -0.2) is 31.3 Å². The van der Waals surface area contributed by atoms with Gasteiger partial charge in [0.05, 0.1) is 12.2 Å². The topological polar surface area (TPSA) is 59.6 Å². The molecule has 1 unspecified atom stereocenters. The largest absolute Gasteiger partial charge is 0.491 e. The molecular weight excluding hydrogens is 352 g/mol. The van der Waals surface area contributed by atoms with Gasteiger partial charge in [-0.15, -0.1) is 0 Å². The van der Waals surface area contributed by atoms with Gasteiger partial charge in [-0.1, -0.05) is 24.3 Å². The van der Waals surface area contributed by atoms with E-state index in [0.717, 1.165) is 37.3 Å². The third-order valence-electron chi connectivity index (χ3n) is 4.66. The van der Waals surface area contributed by atoms with Gasteiger partial charge in [-0.2, -0.15) is 0 Å². The van der Waals surface area contributed by atoms with Crippen molar-refractivity contribution >= 4 is 5.91 Å². The lowest BCUT2D eigenvalue weighted by molar-refractivity contribution is 0.0857. The molecule has 1 fully saturated rings. The van der Waals surface area contributed by atoms with E-state index in [1.54, 1.807) is 0 Å². The monoisotopic (exact) mass is 382 g/mol. The molecule has 3 rings (SSSR count). The van der Waals surface area contributed by atoms with Gasteiger partial charge in [0.15, 0.2) is 0 Å². The van der Waals surface area contributed by atoms with Crippen molar-refractivity contribution < 1.29 is 14.3 Å². The zero-order chi connectivity index (χ0) is 19.8. The first-order valence-corrected chi connectivity index (χ1v) is 10.1. The summed E-state index contributed by atoms with van der Waals surface area (Å²) in [7, 11) is 0. The minimum absolute atomic E-state index is 0.0434. The molecule has 0 spiro atoms. The number of amides is 1. The molecule has 2 N–H and O–H groups in total. The molecule has 1 aliphatic rings. The van der Waals surface area contributed by atoms with Crippen LogP contribution in [0.3, 0.4) is 0 Å². The highest BCUT2D eigenvalue weighted by atomic mass is 16.5. The van der Waals surface area contributed by atoms with E-state index in [2.05, 4.69) is 22.8 Å². The van der Waals surface area contributed by atoms with Gasteiger partial charge in [-0.05, 0) is 62.1 Å². The summed E-state index contributed by atoms with van der Waals surface area (Å²) in [5.74, 6) is 0.846. The predicted octanol–water partition coefficient (Wildman–Crippen LogP) is 3.67. The SMILES string of the molecule is CC(C)Oc1ccc(CNCc2cccc(C(=O)NCC3CCCO3)c2)cc1. The number of nitrogens with one attached hydrogen (secondary N) is 2. The van der Waals surface area contributed by atoms with Crippen LogP contribution in [0.25, 0.3) is 0 Å². The highest BCUT2D eigenvalue weighted by molar-refractivity contribution is 5.94. The van der Waals surface area contributed by atoms with Crippen molar-refractivity contribution in [2.45, 2.75) is 52.0 Å². The maximum absolute atomic E-state index is 12.4. The molecule has 1 saturated heterocycles. The molecule has 0 saturated carbocycles. The van der Waals surface area contributed by atoms with Crippen LogP contribution in [-0.2, 0) is 17.8 Å². The van der Waals surface area contributed by atoms with E-state index in [1.165, 1.54) is 5.56 Å². The van der Waals surface area contributed by atoms with Crippen molar-refractivity contribution in [3.05, 3.63) is 65.2 Å². The van der Waals surface area contributed by atoms with Gasteiger partial charge in [0.1, 0.15) is 5.75 Å². The fraction of sp³-hybridized carbons (Fsp3) is 0.435. The van der Waals surface area contributed by atoms with Gasteiger partial charge in [0.2, 0.25) is 0 Å². The molecule has 0 aromatic heterocycles. The molecule has 28 heavy (non-hydrogen) atoms. The van der Waals surface area contributed by atoms with Crippen LogP contribution < -0.4 is 15.4 Å². The summed E-state index contributed by atoms with van der Waals surface area (Å²) < 4.78 is 11.2. The predicted molar refractivity (Wildman–Crippen MR) is 110 cm³/mol. The molecule has 5 nitrogen and oxygen atoms in total. The Morgan fingerprint density at radius 1 is 1.14 bits per heavy atom. The van der Waals surface area contributed by atoms with Crippen LogP contribution in [0.4, 0.5) is 0 Å². The highest BCUT2D eigenvalue weighted by Gasteiger charge is 2.16. The molecule has 0 radical (unpaired) electrons. The first-order chi connectivity index (χ1) is 13.6. The molecule has 1 amide bonds. The third-order valence-corrected chi connectivity index (χ3v) is 4.66. The van der Waals surface area contributed by atoms with E-state index in [9.17, 15) is 4.79 Å². The Kier molecular flexibility index (Phi) is 7.46. The summed E-state index contributed by atoms with van der Waals surface area (Å²) in [5, 5.41) is 6.40. The van der Waals surface area contributed by atoms with Gasteiger partial charge < -0.3 is 20.1 Å². The van der Waals surface area contributed by atoms with Crippen LogP contribution in [0.2, 0.25) is 0 Å². The Bertz CT molecular complexity index is 753. The number of hydrogen-bond acceptors (Lipinski definition) is 4. The van der Waals surface area contributed by atoms with Crippen molar-refractivity contribution in [2.24, 2.45) is 0 Å². The van der Waals surface area contributed by atoms with Crippen molar-refractivity contribution in [2.75, 3.05) is 13.2 Å². The summed E-state index contributed by atoms with van der Waals surface area (Å²) in [6.07, 6.45) is 2.44. The molecule has 1 heterocycles. The van der Waals surface area contributed by atoms with Crippen molar-refractivity contribution in [1.82, 2.24) is 10.6 Å². The van der Waals surface area contributed by atoms with Gasteiger partial charge in [0, 0.05) is 31.8 Å². The van der Waals surface area contributed by atoms with Crippen LogP contribution in [0.5, 0.6) is 5.75 Å². The lowest BCUT2D eigenvalue weighted by atomic mass is 10.1. The number of carbonyl (C=O) groups excluding carboxylic acids is 1. The van der Waals surface area contributed by atoms with Crippen LogP contribution in [0.1, 0.15) is 48.2 Å². The molecule has 0 bridgehead atoms. The number of ether oxygens (including phenoxy) is 2. The van der Waals surface area contributed by atoms with Gasteiger partial charge in [-0.25, -0.2) is 0 Å². The second kappa shape index (κ2) is 10.2. The van der Waals surface area contributed by atoms with Crippen molar-refractivity contribution in [3.8, 4) is 5.75 Å². The second-order valence-corrected chi connectivity index (χ2v) is 7.46. The number of hydrogen-bond donors (Lipinski definition) is 2. The Morgan fingerprint density at radius 2 is 1.93 bits per heavy atom. The average molecular weight is 383 g/mol. The quantitative estimate of drug-likeness (QED) is 0.695. The van der Waals surface area contributed by atoms with E-state index in [4.69, 9.17) is 9.47 Å². The van der Waals surface area contributed by atoms with Crippen molar-refractivity contribution in [1.29, 1.82) is 0 Å². The molecule has 2 aromatic carbocycles. The minimum Gasteiger partial charge on any atom is -0.491 e. The van der Waals surface area contributed by atoms with Gasteiger partial charge in [-0.3, -0.25) is 4.79 Å². The summed E-state index contributed by atoms with van der Waals surface area (Å²) in [5.41, 5.74) is 2.97. The standard InChI is InChI=1S/C23H30N2O3/c1-17(2)28-21-10-8-18(9-11-21)14-24-15-19-5-3-6-20(13-19)23(26)25-16-22-7-4-12-27-22/h3,5-6,8-11,13,17,22,24H,4,7,12,14-16H2,1-2H3,(H,25,26). The summed E-state index contributed by atoms with van der Waals surface area (Å²) >= 11 is 0. The zero-order valence-corrected chi connectivity index (χ0v) is 16.7. The Hall–Kier alpha value is -2.37. The van der Waals surface area contributed by atoms with Crippen LogP contribution in [0.15, 0.2) is 48.5 Å². The first kappa shape index (κ1) is 20.4. The summed E-state index contributed by atoms with van der Waals surface area (Å²) in [6, 6.07) is 15.9. The molecular formula is C23H30N2O3. The Balaban J connectivity index is 1.45. The fourth-order valence-corrected chi connectivity index (χ4v) is 3.25. The lowest BCUT2D eigenvalue weighted by Gasteiger charge is -2.12. The van der Waals surface area contributed by atoms with E-state index < -0.39 is 0 Å². The zero-order valence-electron chi connectivity index (χ0n) is 16.7. The van der Waals surface area contributed by atoms with E-state index in [0.29, 0.717) is 18.7 Å². The molecule has 150 valence electrons. The first-order valence-electron chi connectivity index (χ1n) is 10.1. The third kappa shape index (κ3) is 6.36. The van der Waals surface area contributed by atoms with Gasteiger partial charge in [0.25, 0.3) is 5.91 Å². The molecule has 5 heteroatoms. The second-order valence-electron chi connectivity index (χ2n) is 7.46.